The van der Waals surface area contributed by atoms with Crippen LogP contribution in [-0.4, -0.2) is 16.1 Å². The van der Waals surface area contributed by atoms with E-state index in [-0.39, 0.29) is 6.42 Å². The van der Waals surface area contributed by atoms with Crippen LogP contribution in [0.1, 0.15) is 11.1 Å². The van der Waals surface area contributed by atoms with Gasteiger partial charge in [-0.1, -0.05) is 12.1 Å². The zero-order valence-corrected chi connectivity index (χ0v) is 10.6. The number of carbonyl (C=O) groups is 1. The predicted octanol–water partition coefficient (Wildman–Crippen LogP) is 2.34. The molecule has 5 heteroatoms. The number of benzene rings is 1. The average molecular weight is 257 g/mol. The number of anilines is 3. The van der Waals surface area contributed by atoms with Gasteiger partial charge >= 0.3 is 5.97 Å². The van der Waals surface area contributed by atoms with Gasteiger partial charge in [-0.15, -0.1) is 0 Å². The molecule has 4 N–H and O–H groups in total. The van der Waals surface area contributed by atoms with Gasteiger partial charge < -0.3 is 16.2 Å². The number of carboxylic acids is 1. The number of nitrogens with one attached hydrogen (secondary N) is 1. The van der Waals surface area contributed by atoms with Crippen molar-refractivity contribution in [3.8, 4) is 0 Å². The van der Waals surface area contributed by atoms with Crippen molar-refractivity contribution in [1.29, 1.82) is 0 Å². The van der Waals surface area contributed by atoms with E-state index in [9.17, 15) is 4.79 Å². The summed E-state index contributed by atoms with van der Waals surface area (Å²) in [4.78, 5) is 14.8. The molecule has 2 aromatic rings. The molecule has 2 rings (SSSR count). The third kappa shape index (κ3) is 3.22. The van der Waals surface area contributed by atoms with Crippen molar-refractivity contribution in [2.24, 2.45) is 0 Å². The fourth-order valence-corrected chi connectivity index (χ4v) is 1.69. The number of aryl methyl sites for hydroxylation is 1. The third-order valence-corrected chi connectivity index (χ3v) is 2.78. The summed E-state index contributed by atoms with van der Waals surface area (Å²) in [5.74, 6) is -0.240. The van der Waals surface area contributed by atoms with Gasteiger partial charge in [0.25, 0.3) is 0 Å². The van der Waals surface area contributed by atoms with Crippen molar-refractivity contribution in [2.45, 2.75) is 13.3 Å². The molecule has 0 amide bonds. The highest BCUT2D eigenvalue weighted by Crippen LogP contribution is 2.23. The van der Waals surface area contributed by atoms with E-state index in [1.165, 1.54) is 0 Å². The fraction of sp³-hybridized carbons (Fsp3) is 0.143. The maximum absolute atomic E-state index is 10.6. The van der Waals surface area contributed by atoms with Crippen LogP contribution in [0.25, 0.3) is 0 Å². The van der Waals surface area contributed by atoms with Crippen LogP contribution in [0.2, 0.25) is 0 Å². The zero-order chi connectivity index (χ0) is 13.8. The fourth-order valence-electron chi connectivity index (χ4n) is 1.69. The number of aromatic nitrogens is 1. The molecule has 0 aliphatic rings. The minimum absolute atomic E-state index is 0.0190. The molecular formula is C14H15N3O2. The number of aliphatic carboxylic acids is 1. The smallest absolute Gasteiger partial charge is 0.307 e. The summed E-state index contributed by atoms with van der Waals surface area (Å²) in [5.41, 5.74) is 9.06. The Labute approximate surface area is 111 Å². The molecule has 0 unspecified atom stereocenters. The van der Waals surface area contributed by atoms with Crippen molar-refractivity contribution in [1.82, 2.24) is 4.98 Å². The quantitative estimate of drug-likeness (QED) is 0.782. The molecule has 0 saturated heterocycles. The lowest BCUT2D eigenvalue weighted by molar-refractivity contribution is -0.136. The number of hydrogen-bond acceptors (Lipinski definition) is 4. The molecule has 0 radical (unpaired) electrons. The van der Waals surface area contributed by atoms with Crippen LogP contribution in [-0.2, 0) is 11.2 Å². The van der Waals surface area contributed by atoms with Crippen molar-refractivity contribution in [3.63, 3.8) is 0 Å². The Bertz CT molecular complexity index is 594. The number of hydrogen-bond donors (Lipinski definition) is 3. The lowest BCUT2D eigenvalue weighted by atomic mass is 10.1. The first-order valence-electron chi connectivity index (χ1n) is 5.85. The summed E-state index contributed by atoms with van der Waals surface area (Å²) in [6, 6.07) is 8.99. The van der Waals surface area contributed by atoms with Gasteiger partial charge in [0.05, 0.1) is 12.1 Å². The predicted molar refractivity (Wildman–Crippen MR) is 74.5 cm³/mol. The third-order valence-electron chi connectivity index (χ3n) is 2.78. The molecular weight excluding hydrogens is 242 g/mol. The Morgan fingerprint density at radius 1 is 1.32 bits per heavy atom. The van der Waals surface area contributed by atoms with E-state index < -0.39 is 5.97 Å². The summed E-state index contributed by atoms with van der Waals surface area (Å²) < 4.78 is 0. The Morgan fingerprint density at radius 2 is 2.00 bits per heavy atom. The Hall–Kier alpha value is -2.56. The molecule has 1 aromatic heterocycles. The van der Waals surface area contributed by atoms with Crippen LogP contribution in [0.3, 0.4) is 0 Å². The first-order chi connectivity index (χ1) is 9.06. The van der Waals surface area contributed by atoms with Crippen LogP contribution >= 0.6 is 0 Å². The van der Waals surface area contributed by atoms with E-state index in [1.807, 2.05) is 25.1 Å². The maximum Gasteiger partial charge on any atom is 0.307 e. The van der Waals surface area contributed by atoms with Gasteiger partial charge in [-0.3, -0.25) is 4.79 Å². The van der Waals surface area contributed by atoms with Crippen LogP contribution in [0.4, 0.5) is 17.2 Å². The van der Waals surface area contributed by atoms with Crippen molar-refractivity contribution >= 4 is 23.2 Å². The van der Waals surface area contributed by atoms with Gasteiger partial charge in [0.1, 0.15) is 0 Å². The Morgan fingerprint density at radius 3 is 2.63 bits per heavy atom. The molecule has 0 bridgehead atoms. The van der Waals surface area contributed by atoms with E-state index >= 15 is 0 Å². The summed E-state index contributed by atoms with van der Waals surface area (Å²) in [6.07, 6.45) is 1.71. The van der Waals surface area contributed by atoms with E-state index in [1.54, 1.807) is 18.3 Å². The highest BCUT2D eigenvalue weighted by atomic mass is 16.4. The molecule has 1 heterocycles. The van der Waals surface area contributed by atoms with Gasteiger partial charge in [-0.2, -0.15) is 0 Å². The standard InChI is InChI=1S/C14H15N3O2/c1-9-6-7-16-14(13(9)15)17-11-4-2-10(3-5-11)8-12(18)19/h2-7H,8,15H2,1H3,(H,16,17)(H,18,19). The average Bonchev–Trinajstić information content (AvgIpc) is 2.37. The molecule has 0 spiro atoms. The molecule has 0 atom stereocenters. The van der Waals surface area contributed by atoms with Crippen molar-refractivity contribution in [2.75, 3.05) is 11.1 Å². The molecule has 0 aliphatic heterocycles. The molecule has 0 aliphatic carbocycles. The molecule has 1 aromatic carbocycles. The minimum atomic E-state index is -0.842. The summed E-state index contributed by atoms with van der Waals surface area (Å²) in [5, 5.41) is 11.8. The molecule has 0 fully saturated rings. The second-order valence-corrected chi connectivity index (χ2v) is 4.28. The number of rotatable bonds is 4. The number of pyridine rings is 1. The highest BCUT2D eigenvalue weighted by Gasteiger charge is 2.04. The normalized spacial score (nSPS) is 10.2. The minimum Gasteiger partial charge on any atom is -0.481 e. The summed E-state index contributed by atoms with van der Waals surface area (Å²) in [7, 11) is 0. The van der Waals surface area contributed by atoms with Crippen LogP contribution in [0, 0.1) is 6.92 Å². The molecule has 19 heavy (non-hydrogen) atoms. The highest BCUT2D eigenvalue weighted by molar-refractivity contribution is 5.72. The van der Waals surface area contributed by atoms with Crippen molar-refractivity contribution < 1.29 is 9.90 Å². The van der Waals surface area contributed by atoms with Crippen molar-refractivity contribution in [3.05, 3.63) is 47.7 Å². The number of nitrogen functional groups attached to an aromatic ring is 1. The lowest BCUT2D eigenvalue weighted by Crippen LogP contribution is -2.02. The largest absolute Gasteiger partial charge is 0.481 e. The van der Waals surface area contributed by atoms with Crippen LogP contribution in [0.15, 0.2) is 36.5 Å². The van der Waals surface area contributed by atoms with E-state index in [0.29, 0.717) is 11.5 Å². The second-order valence-electron chi connectivity index (χ2n) is 4.28. The van der Waals surface area contributed by atoms with Crippen LogP contribution < -0.4 is 11.1 Å². The van der Waals surface area contributed by atoms with Gasteiger partial charge in [0.2, 0.25) is 0 Å². The monoisotopic (exact) mass is 257 g/mol. The zero-order valence-electron chi connectivity index (χ0n) is 10.6. The number of nitrogens with zero attached hydrogens (tertiary/aromatic N) is 1. The lowest BCUT2D eigenvalue weighted by Gasteiger charge is -2.10. The van der Waals surface area contributed by atoms with E-state index in [4.69, 9.17) is 10.8 Å². The van der Waals surface area contributed by atoms with Gasteiger partial charge in [-0.05, 0) is 36.2 Å². The van der Waals surface area contributed by atoms with E-state index in [2.05, 4.69) is 10.3 Å². The topological polar surface area (TPSA) is 88.2 Å². The van der Waals surface area contributed by atoms with Gasteiger partial charge in [0, 0.05) is 11.9 Å². The SMILES string of the molecule is Cc1ccnc(Nc2ccc(CC(=O)O)cc2)c1N. The Balaban J connectivity index is 2.15. The van der Waals surface area contributed by atoms with E-state index in [0.717, 1.165) is 16.8 Å². The first-order valence-corrected chi connectivity index (χ1v) is 5.85. The number of nitrogens with two attached hydrogens (primary N) is 1. The first kappa shape index (κ1) is 12.9. The van der Waals surface area contributed by atoms with Crippen LogP contribution in [0.5, 0.6) is 0 Å². The molecule has 98 valence electrons. The summed E-state index contributed by atoms with van der Waals surface area (Å²) in [6.45, 7) is 1.91. The second kappa shape index (κ2) is 5.39. The Kier molecular flexibility index (Phi) is 3.66. The number of carboxylic acid groups (broad SMARTS) is 1. The van der Waals surface area contributed by atoms with Gasteiger partial charge in [0.15, 0.2) is 5.82 Å². The maximum atomic E-state index is 10.6. The molecule has 5 nitrogen and oxygen atoms in total. The molecule has 0 saturated carbocycles. The van der Waals surface area contributed by atoms with Gasteiger partial charge in [-0.25, -0.2) is 4.98 Å². The summed E-state index contributed by atoms with van der Waals surface area (Å²) >= 11 is 0.